The second-order valence-electron chi connectivity index (χ2n) is 6.46. The van der Waals surface area contributed by atoms with Crippen LogP contribution in [0.2, 0.25) is 0 Å². The Kier molecular flexibility index (Phi) is 5.38. The second kappa shape index (κ2) is 8.43. The van der Waals surface area contributed by atoms with E-state index in [2.05, 4.69) is 15.0 Å². The predicted molar refractivity (Wildman–Crippen MR) is 105 cm³/mol. The van der Waals surface area contributed by atoms with E-state index in [1.807, 2.05) is 48.5 Å². The number of aromatic nitrogens is 1. The van der Waals surface area contributed by atoms with Gasteiger partial charge in [-0.05, 0) is 29.3 Å². The molecule has 1 aliphatic rings. The number of nitrogens with zero attached hydrogens (tertiary/aromatic N) is 1. The molecule has 7 heteroatoms. The summed E-state index contributed by atoms with van der Waals surface area (Å²) in [5.74, 6) is 0.614. The van der Waals surface area contributed by atoms with Crippen molar-refractivity contribution in [2.24, 2.45) is 0 Å². The zero-order valence-electron chi connectivity index (χ0n) is 15.4. The van der Waals surface area contributed by atoms with Crippen LogP contribution in [0.15, 0.2) is 65.3 Å². The van der Waals surface area contributed by atoms with Gasteiger partial charge in [0.1, 0.15) is 30.4 Å². The molecule has 0 spiro atoms. The lowest BCUT2D eigenvalue weighted by atomic mass is 10.1. The number of rotatable bonds is 7. The van der Waals surface area contributed by atoms with E-state index >= 15 is 0 Å². The van der Waals surface area contributed by atoms with Crippen molar-refractivity contribution in [3.63, 3.8) is 0 Å². The maximum absolute atomic E-state index is 11.5. The monoisotopic (exact) mass is 390 g/mol. The topological polar surface area (TPSA) is 90.7 Å². The number of hydrogen-bond donors (Lipinski definition) is 1. The van der Waals surface area contributed by atoms with Gasteiger partial charge in [0.05, 0.1) is 0 Å². The number of carbonyl (C=O) groups excluding carboxylic acids is 2. The van der Waals surface area contributed by atoms with Crippen molar-refractivity contribution in [1.82, 2.24) is 10.3 Å². The quantitative estimate of drug-likeness (QED) is 0.490. The number of hydrogen-bond acceptors (Lipinski definition) is 6. The van der Waals surface area contributed by atoms with Gasteiger partial charge < -0.3 is 19.2 Å². The summed E-state index contributed by atoms with van der Waals surface area (Å²) in [5, 5.41) is 2.47. The second-order valence-corrected chi connectivity index (χ2v) is 6.46. The van der Waals surface area contributed by atoms with Crippen molar-refractivity contribution in [2.45, 2.75) is 19.1 Å². The number of benzene rings is 2. The fourth-order valence-electron chi connectivity index (χ4n) is 2.84. The first kappa shape index (κ1) is 18.5. The van der Waals surface area contributed by atoms with Crippen LogP contribution < -0.4 is 10.1 Å². The van der Waals surface area contributed by atoms with Gasteiger partial charge in [0.25, 0.3) is 0 Å². The number of oxazole rings is 1. The molecule has 0 bridgehead atoms. The highest BCUT2D eigenvalue weighted by atomic mass is 16.6. The number of esters is 1. The van der Waals surface area contributed by atoms with Crippen molar-refractivity contribution in [3.05, 3.63) is 83.6 Å². The molecule has 1 N–H and O–H groups in total. The van der Waals surface area contributed by atoms with Gasteiger partial charge in [-0.3, -0.25) is 0 Å². The molecule has 29 heavy (non-hydrogen) atoms. The van der Waals surface area contributed by atoms with Crippen LogP contribution in [0.3, 0.4) is 0 Å². The minimum Gasteiger partial charge on any atom is -0.487 e. The third kappa shape index (κ3) is 4.90. The average Bonchev–Trinajstić information content (AvgIpc) is 3.32. The highest BCUT2D eigenvalue weighted by Gasteiger charge is 2.32. The van der Waals surface area contributed by atoms with Gasteiger partial charge in [-0.25, -0.2) is 14.6 Å². The van der Waals surface area contributed by atoms with Crippen LogP contribution in [-0.2, 0) is 22.6 Å². The largest absolute Gasteiger partial charge is 0.487 e. The number of carbonyl (C=O) groups is 2. The molecule has 146 valence electrons. The Labute approximate surface area is 167 Å². The number of nitrogens with one attached hydrogen (secondary N) is 1. The molecule has 1 unspecified atom stereocenters. The van der Waals surface area contributed by atoms with Crippen molar-refractivity contribution in [1.29, 1.82) is 0 Å². The van der Waals surface area contributed by atoms with Crippen LogP contribution in [0.1, 0.15) is 22.7 Å². The van der Waals surface area contributed by atoms with Crippen LogP contribution >= 0.6 is 0 Å². The first-order valence-corrected chi connectivity index (χ1v) is 9.07. The van der Waals surface area contributed by atoms with Gasteiger partial charge in [0.15, 0.2) is 0 Å². The molecule has 3 aromatic rings. The molecule has 1 atom stereocenters. The Morgan fingerprint density at radius 2 is 1.83 bits per heavy atom. The molecule has 1 aliphatic heterocycles. The zero-order valence-corrected chi connectivity index (χ0v) is 15.4. The van der Waals surface area contributed by atoms with E-state index in [9.17, 15) is 9.59 Å². The van der Waals surface area contributed by atoms with Crippen LogP contribution in [0.5, 0.6) is 5.75 Å². The van der Waals surface area contributed by atoms with E-state index in [-0.39, 0.29) is 6.61 Å². The molecule has 1 amide bonds. The number of cyclic esters (lactones) is 2. The Morgan fingerprint density at radius 1 is 1.03 bits per heavy atom. The summed E-state index contributed by atoms with van der Waals surface area (Å²) in [5.41, 5.74) is 2.63. The molecule has 0 saturated carbocycles. The van der Waals surface area contributed by atoms with Gasteiger partial charge in [0.2, 0.25) is 5.89 Å². The van der Waals surface area contributed by atoms with E-state index in [1.165, 1.54) is 0 Å². The zero-order chi connectivity index (χ0) is 20.1. The lowest BCUT2D eigenvalue weighted by Crippen LogP contribution is -2.30. The van der Waals surface area contributed by atoms with Crippen molar-refractivity contribution in [2.75, 3.05) is 0 Å². The SMILES string of the molecule is O=C1NC(Cc2ccc(OCc3coc(C=Cc4ccccc4)n3)cc2)C(=O)O1. The Balaban J connectivity index is 1.29. The minimum absolute atomic E-state index is 0.271. The lowest BCUT2D eigenvalue weighted by Gasteiger charge is -2.08. The Morgan fingerprint density at radius 3 is 2.55 bits per heavy atom. The van der Waals surface area contributed by atoms with Crippen molar-refractivity contribution in [3.8, 4) is 5.75 Å². The van der Waals surface area contributed by atoms with Crippen LogP contribution in [0.4, 0.5) is 4.79 Å². The molecule has 1 aromatic heterocycles. The summed E-state index contributed by atoms with van der Waals surface area (Å²) in [7, 11) is 0. The first-order valence-electron chi connectivity index (χ1n) is 9.07. The molecule has 7 nitrogen and oxygen atoms in total. The lowest BCUT2D eigenvalue weighted by molar-refractivity contribution is -0.135. The summed E-state index contributed by atoms with van der Waals surface area (Å²) in [6.07, 6.45) is 4.96. The summed E-state index contributed by atoms with van der Waals surface area (Å²) in [6, 6.07) is 16.5. The first-order chi connectivity index (χ1) is 14.2. The molecule has 1 fully saturated rings. The minimum atomic E-state index is -0.703. The molecule has 1 saturated heterocycles. The van der Waals surface area contributed by atoms with Gasteiger partial charge in [-0.15, -0.1) is 0 Å². The summed E-state index contributed by atoms with van der Waals surface area (Å²) < 4.78 is 15.6. The van der Waals surface area contributed by atoms with E-state index in [4.69, 9.17) is 9.15 Å². The van der Waals surface area contributed by atoms with Gasteiger partial charge >= 0.3 is 12.1 Å². The summed E-state index contributed by atoms with van der Waals surface area (Å²) in [6.45, 7) is 0.271. The molecule has 4 rings (SSSR count). The maximum atomic E-state index is 11.5. The number of alkyl carbamates (subject to hydrolysis) is 1. The standard InChI is InChI=1S/C22H18N2O5/c25-21-19(24-22(26)29-21)12-16-6-9-18(10-7-16)27-13-17-14-28-20(23-17)11-8-15-4-2-1-3-5-15/h1-11,14,19H,12-13H2,(H,24,26). The predicted octanol–water partition coefficient (Wildman–Crippen LogP) is 3.60. The van der Waals surface area contributed by atoms with E-state index in [1.54, 1.807) is 24.5 Å². The molecule has 2 aromatic carbocycles. The van der Waals surface area contributed by atoms with Gasteiger partial charge in [-0.2, -0.15) is 0 Å². The smallest absolute Gasteiger partial charge is 0.415 e. The molecule has 2 heterocycles. The fraction of sp³-hybridized carbons (Fsp3) is 0.136. The normalized spacial score (nSPS) is 16.1. The maximum Gasteiger partial charge on any atom is 0.415 e. The van der Waals surface area contributed by atoms with Crippen LogP contribution in [-0.4, -0.2) is 23.1 Å². The average molecular weight is 390 g/mol. The van der Waals surface area contributed by atoms with Crippen molar-refractivity contribution < 1.29 is 23.5 Å². The highest BCUT2D eigenvalue weighted by Crippen LogP contribution is 2.17. The van der Waals surface area contributed by atoms with Gasteiger partial charge in [-0.1, -0.05) is 42.5 Å². The summed E-state index contributed by atoms with van der Waals surface area (Å²) >= 11 is 0. The van der Waals surface area contributed by atoms with E-state index in [0.717, 1.165) is 11.1 Å². The van der Waals surface area contributed by atoms with E-state index < -0.39 is 18.1 Å². The van der Waals surface area contributed by atoms with Crippen LogP contribution in [0.25, 0.3) is 12.2 Å². The van der Waals surface area contributed by atoms with Gasteiger partial charge in [0, 0.05) is 12.5 Å². The van der Waals surface area contributed by atoms with Crippen LogP contribution in [0, 0.1) is 0 Å². The van der Waals surface area contributed by atoms with Crippen molar-refractivity contribution >= 4 is 24.2 Å². The Hall–Kier alpha value is -3.87. The Bertz CT molecular complexity index is 1020. The fourth-order valence-corrected chi connectivity index (χ4v) is 2.84. The molecular weight excluding hydrogens is 372 g/mol. The molecule has 0 aliphatic carbocycles. The molecule has 0 radical (unpaired) electrons. The highest BCUT2D eigenvalue weighted by molar-refractivity contribution is 5.95. The third-order valence-corrected chi connectivity index (χ3v) is 4.31. The summed E-state index contributed by atoms with van der Waals surface area (Å²) in [4.78, 5) is 26.9. The van der Waals surface area contributed by atoms with E-state index in [0.29, 0.717) is 23.8 Å². The molecular formula is C22H18N2O5. The number of ether oxygens (including phenoxy) is 2. The third-order valence-electron chi connectivity index (χ3n) is 4.31. The number of amides is 1.